The molecule has 122 valence electrons. The summed E-state index contributed by atoms with van der Waals surface area (Å²) in [5.74, 6) is -1.92. The summed E-state index contributed by atoms with van der Waals surface area (Å²) < 4.78 is 40.5. The third-order valence-corrected chi connectivity index (χ3v) is 3.33. The third kappa shape index (κ3) is 4.48. The summed E-state index contributed by atoms with van der Waals surface area (Å²) in [6, 6.07) is 5.90. The van der Waals surface area contributed by atoms with Crippen molar-refractivity contribution in [3.05, 3.63) is 53.3 Å². The van der Waals surface area contributed by atoms with Gasteiger partial charge in [0, 0.05) is 31.0 Å². The van der Waals surface area contributed by atoms with Gasteiger partial charge in [-0.05, 0) is 43.7 Å². The van der Waals surface area contributed by atoms with Crippen LogP contribution in [0.2, 0.25) is 0 Å². The van der Waals surface area contributed by atoms with Crippen LogP contribution in [0.15, 0.2) is 35.3 Å². The van der Waals surface area contributed by atoms with Crippen molar-refractivity contribution in [2.75, 3.05) is 18.9 Å². The molecule has 2 aromatic carbocycles. The number of anilines is 2. The number of hydrogen-bond donors (Lipinski definition) is 1. The molecule has 23 heavy (non-hydrogen) atoms. The molecule has 3 nitrogen and oxygen atoms in total. The lowest BCUT2D eigenvalue weighted by Crippen LogP contribution is -2.14. The molecule has 6 heteroatoms. The predicted molar refractivity (Wildman–Crippen MR) is 87.2 cm³/mol. The van der Waals surface area contributed by atoms with Crippen molar-refractivity contribution in [3.8, 4) is 0 Å². The summed E-state index contributed by atoms with van der Waals surface area (Å²) in [5.41, 5.74) is 1.56. The Balaban J connectivity index is 2.27. The second-order valence-electron chi connectivity index (χ2n) is 5.22. The lowest BCUT2D eigenvalue weighted by molar-refractivity contribution is 0.551. The van der Waals surface area contributed by atoms with Gasteiger partial charge < -0.3 is 10.2 Å². The number of rotatable bonds is 5. The van der Waals surface area contributed by atoms with Crippen LogP contribution in [0.5, 0.6) is 0 Å². The second kappa shape index (κ2) is 7.17. The van der Waals surface area contributed by atoms with Crippen molar-refractivity contribution < 1.29 is 13.2 Å². The molecule has 0 saturated heterocycles. The number of aryl methyl sites for hydroxylation is 1. The van der Waals surface area contributed by atoms with Crippen LogP contribution in [0, 0.1) is 24.4 Å². The van der Waals surface area contributed by atoms with Crippen LogP contribution >= 0.6 is 0 Å². The minimum absolute atomic E-state index is 0.207. The van der Waals surface area contributed by atoms with E-state index in [0.29, 0.717) is 11.3 Å². The third-order valence-electron chi connectivity index (χ3n) is 3.33. The van der Waals surface area contributed by atoms with Gasteiger partial charge in [-0.25, -0.2) is 18.2 Å². The quantitative estimate of drug-likeness (QED) is 0.635. The molecule has 2 rings (SSSR count). The van der Waals surface area contributed by atoms with Crippen molar-refractivity contribution in [1.82, 2.24) is 4.90 Å². The SMILES string of the molecule is CCN(C)/C=N\c1cc(C)c(Nc2cc(F)cc(F)c2)cc1F. The van der Waals surface area contributed by atoms with E-state index in [2.05, 4.69) is 10.3 Å². The van der Waals surface area contributed by atoms with E-state index in [4.69, 9.17) is 0 Å². The van der Waals surface area contributed by atoms with Crippen molar-refractivity contribution >= 4 is 23.4 Å². The Hall–Kier alpha value is -2.50. The van der Waals surface area contributed by atoms with E-state index in [1.807, 2.05) is 18.9 Å². The highest BCUT2D eigenvalue weighted by molar-refractivity contribution is 5.68. The maximum atomic E-state index is 14.1. The summed E-state index contributed by atoms with van der Waals surface area (Å²) in [6.07, 6.45) is 1.55. The molecule has 0 heterocycles. The lowest BCUT2D eigenvalue weighted by Gasteiger charge is -2.12. The smallest absolute Gasteiger partial charge is 0.150 e. The van der Waals surface area contributed by atoms with Crippen LogP contribution in [0.25, 0.3) is 0 Å². The van der Waals surface area contributed by atoms with Gasteiger partial charge in [0.1, 0.15) is 17.3 Å². The molecule has 0 aliphatic carbocycles. The zero-order valence-corrected chi connectivity index (χ0v) is 13.2. The van der Waals surface area contributed by atoms with E-state index < -0.39 is 17.5 Å². The number of nitrogens with zero attached hydrogens (tertiary/aromatic N) is 2. The lowest BCUT2D eigenvalue weighted by atomic mass is 10.1. The Bertz CT molecular complexity index is 709. The Morgan fingerprint density at radius 2 is 1.74 bits per heavy atom. The number of benzene rings is 2. The van der Waals surface area contributed by atoms with Gasteiger partial charge in [0.2, 0.25) is 0 Å². The van der Waals surface area contributed by atoms with Gasteiger partial charge in [-0.3, -0.25) is 0 Å². The van der Waals surface area contributed by atoms with Gasteiger partial charge in [-0.2, -0.15) is 0 Å². The molecule has 0 aliphatic heterocycles. The first-order chi connectivity index (χ1) is 10.9. The predicted octanol–water partition coefficient (Wildman–Crippen LogP) is 4.77. The summed E-state index contributed by atoms with van der Waals surface area (Å²) in [7, 11) is 1.84. The average molecular weight is 321 g/mol. The average Bonchev–Trinajstić information content (AvgIpc) is 2.47. The molecule has 0 unspecified atom stereocenters. The number of hydrogen-bond acceptors (Lipinski definition) is 2. The molecule has 0 saturated carbocycles. The van der Waals surface area contributed by atoms with E-state index in [1.165, 1.54) is 6.07 Å². The fourth-order valence-corrected chi connectivity index (χ4v) is 1.92. The summed E-state index contributed by atoms with van der Waals surface area (Å²) in [5, 5.41) is 2.82. The molecule has 0 amide bonds. The van der Waals surface area contributed by atoms with Crippen molar-refractivity contribution in [2.45, 2.75) is 13.8 Å². The van der Waals surface area contributed by atoms with Crippen LogP contribution in [-0.4, -0.2) is 24.8 Å². The molecule has 0 atom stereocenters. The van der Waals surface area contributed by atoms with E-state index >= 15 is 0 Å². The van der Waals surface area contributed by atoms with Crippen molar-refractivity contribution in [2.24, 2.45) is 4.99 Å². The molecular weight excluding hydrogens is 303 g/mol. The summed E-state index contributed by atoms with van der Waals surface area (Å²) in [6.45, 7) is 4.48. The fourth-order valence-electron chi connectivity index (χ4n) is 1.92. The van der Waals surface area contributed by atoms with Gasteiger partial charge in [0.25, 0.3) is 0 Å². The second-order valence-corrected chi connectivity index (χ2v) is 5.22. The Morgan fingerprint density at radius 3 is 2.35 bits per heavy atom. The number of aliphatic imine (C=N–C) groups is 1. The van der Waals surface area contributed by atoms with E-state index in [-0.39, 0.29) is 11.4 Å². The molecule has 0 fully saturated rings. The van der Waals surface area contributed by atoms with E-state index in [9.17, 15) is 13.2 Å². The van der Waals surface area contributed by atoms with Gasteiger partial charge >= 0.3 is 0 Å². The van der Waals surface area contributed by atoms with E-state index in [1.54, 1.807) is 19.3 Å². The van der Waals surface area contributed by atoms with Crippen LogP contribution in [0.1, 0.15) is 12.5 Å². The van der Waals surface area contributed by atoms with Crippen LogP contribution < -0.4 is 5.32 Å². The molecular formula is C17H18F3N3. The summed E-state index contributed by atoms with van der Waals surface area (Å²) >= 11 is 0. The number of nitrogens with one attached hydrogen (secondary N) is 1. The maximum Gasteiger partial charge on any atom is 0.150 e. The number of halogens is 3. The molecule has 0 spiro atoms. The molecule has 2 aromatic rings. The maximum absolute atomic E-state index is 14.1. The Morgan fingerprint density at radius 1 is 1.09 bits per heavy atom. The highest BCUT2D eigenvalue weighted by Gasteiger charge is 2.08. The van der Waals surface area contributed by atoms with E-state index in [0.717, 1.165) is 24.7 Å². The molecule has 1 N–H and O–H groups in total. The van der Waals surface area contributed by atoms with Gasteiger partial charge in [0.15, 0.2) is 5.82 Å². The van der Waals surface area contributed by atoms with Crippen molar-refractivity contribution in [1.29, 1.82) is 0 Å². The standard InChI is InChI=1S/C17H18F3N3/c1-4-23(3)10-21-17-5-11(2)16(9-15(17)20)22-14-7-12(18)6-13(19)8-14/h5-10,22H,4H2,1-3H3/b21-10-. The van der Waals surface area contributed by atoms with Crippen LogP contribution in [0.4, 0.5) is 30.2 Å². The fraction of sp³-hybridized carbons (Fsp3) is 0.235. The summed E-state index contributed by atoms with van der Waals surface area (Å²) in [4.78, 5) is 5.91. The monoisotopic (exact) mass is 321 g/mol. The highest BCUT2D eigenvalue weighted by Crippen LogP contribution is 2.28. The molecule has 0 aromatic heterocycles. The molecule has 0 radical (unpaired) electrons. The van der Waals surface area contributed by atoms with Crippen molar-refractivity contribution in [3.63, 3.8) is 0 Å². The van der Waals surface area contributed by atoms with Gasteiger partial charge in [0.05, 0.1) is 6.34 Å². The normalized spacial score (nSPS) is 11.0. The van der Waals surface area contributed by atoms with Crippen LogP contribution in [0.3, 0.4) is 0 Å². The molecule has 0 bridgehead atoms. The first-order valence-electron chi connectivity index (χ1n) is 7.16. The zero-order chi connectivity index (χ0) is 17.0. The minimum atomic E-state index is -0.700. The largest absolute Gasteiger partial charge is 0.366 e. The van der Waals surface area contributed by atoms with Gasteiger partial charge in [-0.15, -0.1) is 0 Å². The van der Waals surface area contributed by atoms with Gasteiger partial charge in [-0.1, -0.05) is 0 Å². The topological polar surface area (TPSA) is 27.6 Å². The first kappa shape index (κ1) is 16.9. The zero-order valence-electron chi connectivity index (χ0n) is 13.2. The first-order valence-corrected chi connectivity index (χ1v) is 7.16. The Labute approximate surface area is 133 Å². The highest BCUT2D eigenvalue weighted by atomic mass is 19.1. The minimum Gasteiger partial charge on any atom is -0.366 e. The molecule has 0 aliphatic rings. The Kier molecular flexibility index (Phi) is 5.26. The van der Waals surface area contributed by atoms with Crippen LogP contribution in [-0.2, 0) is 0 Å².